The first-order chi connectivity index (χ1) is 14.3. The zero-order chi connectivity index (χ0) is 21.5. The number of rotatable bonds is 4. The molecule has 1 aliphatic heterocycles. The number of nitrogens with one attached hydrogen (secondary N) is 1. The van der Waals surface area contributed by atoms with Crippen molar-refractivity contribution >= 4 is 40.1 Å². The first kappa shape index (κ1) is 20.1. The van der Waals surface area contributed by atoms with E-state index in [2.05, 4.69) is 26.1 Å². The molecule has 4 nitrogen and oxygen atoms in total. The Bertz CT molecular complexity index is 1140. The van der Waals surface area contributed by atoms with Crippen molar-refractivity contribution in [3.63, 3.8) is 0 Å². The van der Waals surface area contributed by atoms with Gasteiger partial charge in [-0.15, -0.1) is 11.3 Å². The van der Waals surface area contributed by atoms with Crippen LogP contribution in [0.4, 0.5) is 11.4 Å². The van der Waals surface area contributed by atoms with Gasteiger partial charge in [-0.3, -0.25) is 9.59 Å². The summed E-state index contributed by atoms with van der Waals surface area (Å²) in [6.07, 6.45) is 0. The maximum absolute atomic E-state index is 13.4. The number of amides is 2. The molecule has 1 aromatic heterocycles. The molecule has 0 saturated carbocycles. The average Bonchev–Trinajstić information content (AvgIpc) is 3.29. The molecule has 2 heterocycles. The Labute approximate surface area is 180 Å². The highest BCUT2D eigenvalue weighted by Crippen LogP contribution is 2.36. The summed E-state index contributed by atoms with van der Waals surface area (Å²) in [5.41, 5.74) is 4.32. The molecule has 3 aromatic rings. The lowest BCUT2D eigenvalue weighted by Gasteiger charge is -2.19. The number of nitrogens with zero attached hydrogens (tertiary/aromatic N) is 1. The smallest absolute Gasteiger partial charge is 0.282 e. The molecule has 2 amide bonds. The highest BCUT2D eigenvalue weighted by Gasteiger charge is 2.40. The summed E-state index contributed by atoms with van der Waals surface area (Å²) in [6.45, 7) is 8.42. The molecule has 4 rings (SSSR count). The Morgan fingerprint density at radius 2 is 1.63 bits per heavy atom. The minimum atomic E-state index is -0.339. The molecule has 0 bridgehead atoms. The predicted octanol–water partition coefficient (Wildman–Crippen LogP) is 5.75. The summed E-state index contributed by atoms with van der Waals surface area (Å²) < 4.78 is 0. The molecule has 0 radical (unpaired) electrons. The van der Waals surface area contributed by atoms with Crippen LogP contribution in [0.15, 0.2) is 71.7 Å². The Morgan fingerprint density at radius 3 is 2.23 bits per heavy atom. The molecule has 0 fully saturated rings. The normalized spacial score (nSPS) is 14.6. The van der Waals surface area contributed by atoms with E-state index in [9.17, 15) is 9.59 Å². The summed E-state index contributed by atoms with van der Waals surface area (Å²) in [5.74, 6) is -0.643. The standard InChI is InChI=1S/C25H24N2O2S/c1-16-7-5-8-19(15-16)27-23(28)21(20-9-6-14-30-20)22(24(27)29)26-18-12-10-17(11-13-18)25(2,3)4/h5-15,26H,1-4H3. The fourth-order valence-corrected chi connectivity index (χ4v) is 4.26. The molecule has 2 aromatic carbocycles. The van der Waals surface area contributed by atoms with Gasteiger partial charge in [0.1, 0.15) is 5.70 Å². The number of aryl methyl sites for hydroxylation is 1. The van der Waals surface area contributed by atoms with Crippen LogP contribution in [0.1, 0.15) is 36.8 Å². The maximum atomic E-state index is 13.4. The molecule has 5 heteroatoms. The van der Waals surface area contributed by atoms with Crippen LogP contribution in [-0.2, 0) is 15.0 Å². The van der Waals surface area contributed by atoms with Crippen LogP contribution in [0.3, 0.4) is 0 Å². The van der Waals surface area contributed by atoms with Crippen LogP contribution in [0.2, 0.25) is 0 Å². The molecule has 0 unspecified atom stereocenters. The summed E-state index contributed by atoms with van der Waals surface area (Å²) in [5, 5.41) is 5.13. The molecular formula is C25H24N2O2S. The summed E-state index contributed by atoms with van der Waals surface area (Å²) in [7, 11) is 0. The van der Waals surface area contributed by atoms with E-state index >= 15 is 0 Å². The second kappa shape index (κ2) is 7.58. The second-order valence-electron chi connectivity index (χ2n) is 8.46. The van der Waals surface area contributed by atoms with Crippen LogP contribution < -0.4 is 10.2 Å². The van der Waals surface area contributed by atoms with Crippen LogP contribution in [0.5, 0.6) is 0 Å². The number of thiophene rings is 1. The molecule has 152 valence electrons. The fourth-order valence-electron chi connectivity index (χ4n) is 3.49. The Hall–Kier alpha value is -3.18. The largest absolute Gasteiger partial charge is 0.350 e. The predicted molar refractivity (Wildman–Crippen MR) is 124 cm³/mol. The maximum Gasteiger partial charge on any atom is 0.282 e. The van der Waals surface area contributed by atoms with E-state index in [1.165, 1.54) is 21.8 Å². The SMILES string of the molecule is Cc1cccc(N2C(=O)C(Nc3ccc(C(C)(C)C)cc3)=C(c3cccs3)C2=O)c1. The summed E-state index contributed by atoms with van der Waals surface area (Å²) in [4.78, 5) is 28.7. The third-order valence-corrected chi connectivity index (χ3v) is 6.02. The lowest BCUT2D eigenvalue weighted by atomic mass is 9.87. The van der Waals surface area contributed by atoms with Crippen LogP contribution in [0, 0.1) is 6.92 Å². The van der Waals surface area contributed by atoms with E-state index < -0.39 is 0 Å². The van der Waals surface area contributed by atoms with Crippen molar-refractivity contribution in [3.05, 3.63) is 87.7 Å². The van der Waals surface area contributed by atoms with Gasteiger partial charge in [0, 0.05) is 10.6 Å². The fraction of sp³-hybridized carbons (Fsp3) is 0.200. The zero-order valence-electron chi connectivity index (χ0n) is 17.5. The molecule has 0 aliphatic carbocycles. The van der Waals surface area contributed by atoms with Gasteiger partial charge in [-0.1, -0.05) is 51.1 Å². The van der Waals surface area contributed by atoms with Crippen molar-refractivity contribution in [1.82, 2.24) is 0 Å². The minimum Gasteiger partial charge on any atom is -0.350 e. The van der Waals surface area contributed by atoms with E-state index in [4.69, 9.17) is 0 Å². The molecule has 30 heavy (non-hydrogen) atoms. The zero-order valence-corrected chi connectivity index (χ0v) is 18.3. The number of imide groups is 1. The van der Waals surface area contributed by atoms with E-state index in [1.807, 2.05) is 66.9 Å². The van der Waals surface area contributed by atoms with Gasteiger partial charge in [-0.25, -0.2) is 4.90 Å². The van der Waals surface area contributed by atoms with Gasteiger partial charge in [0.15, 0.2) is 0 Å². The van der Waals surface area contributed by atoms with Crippen LogP contribution in [0.25, 0.3) is 5.57 Å². The second-order valence-corrected chi connectivity index (χ2v) is 9.41. The minimum absolute atomic E-state index is 0.0427. The summed E-state index contributed by atoms with van der Waals surface area (Å²) in [6, 6.07) is 19.2. The highest BCUT2D eigenvalue weighted by molar-refractivity contribution is 7.11. The van der Waals surface area contributed by atoms with Crippen LogP contribution >= 0.6 is 11.3 Å². The van der Waals surface area contributed by atoms with Gasteiger partial charge in [-0.2, -0.15) is 0 Å². The van der Waals surface area contributed by atoms with Crippen LogP contribution in [-0.4, -0.2) is 11.8 Å². The van der Waals surface area contributed by atoms with Crippen molar-refractivity contribution in [2.45, 2.75) is 33.1 Å². The Morgan fingerprint density at radius 1 is 0.900 bits per heavy atom. The van der Waals surface area contributed by atoms with Gasteiger partial charge >= 0.3 is 0 Å². The number of hydrogen-bond donors (Lipinski definition) is 1. The number of anilines is 2. The molecule has 0 spiro atoms. The lowest BCUT2D eigenvalue weighted by Crippen LogP contribution is -2.32. The van der Waals surface area contributed by atoms with Gasteiger partial charge in [-0.05, 0) is 59.2 Å². The van der Waals surface area contributed by atoms with Gasteiger partial charge in [0.05, 0.1) is 11.3 Å². The topological polar surface area (TPSA) is 49.4 Å². The highest BCUT2D eigenvalue weighted by atomic mass is 32.1. The number of carbonyl (C=O) groups excluding carboxylic acids is 2. The molecule has 0 atom stereocenters. The number of hydrogen-bond acceptors (Lipinski definition) is 4. The van der Waals surface area contributed by atoms with Crippen molar-refractivity contribution in [1.29, 1.82) is 0 Å². The Kier molecular flexibility index (Phi) is 5.08. The first-order valence-corrected chi connectivity index (χ1v) is 10.7. The third-order valence-electron chi connectivity index (χ3n) is 5.13. The molecular weight excluding hydrogens is 392 g/mol. The van der Waals surface area contributed by atoms with E-state index in [-0.39, 0.29) is 17.2 Å². The summed E-state index contributed by atoms with van der Waals surface area (Å²) >= 11 is 1.45. The van der Waals surface area contributed by atoms with E-state index in [0.717, 1.165) is 16.1 Å². The average molecular weight is 417 g/mol. The third kappa shape index (κ3) is 3.68. The van der Waals surface area contributed by atoms with E-state index in [1.54, 1.807) is 6.07 Å². The van der Waals surface area contributed by atoms with Crippen molar-refractivity contribution in [2.75, 3.05) is 10.2 Å². The van der Waals surface area contributed by atoms with Gasteiger partial charge < -0.3 is 5.32 Å². The van der Waals surface area contributed by atoms with Gasteiger partial charge in [0.2, 0.25) is 0 Å². The molecule has 0 saturated heterocycles. The van der Waals surface area contributed by atoms with Gasteiger partial charge in [0.25, 0.3) is 11.8 Å². The number of benzene rings is 2. The Balaban J connectivity index is 1.74. The molecule has 1 N–H and O–H groups in total. The number of carbonyl (C=O) groups is 2. The van der Waals surface area contributed by atoms with Crippen molar-refractivity contribution < 1.29 is 9.59 Å². The van der Waals surface area contributed by atoms with E-state index in [0.29, 0.717) is 17.0 Å². The van der Waals surface area contributed by atoms with Crippen molar-refractivity contribution in [3.8, 4) is 0 Å². The lowest BCUT2D eigenvalue weighted by molar-refractivity contribution is -0.120. The quantitative estimate of drug-likeness (QED) is 0.551. The monoisotopic (exact) mass is 416 g/mol. The van der Waals surface area contributed by atoms with Crippen molar-refractivity contribution in [2.24, 2.45) is 0 Å². The molecule has 1 aliphatic rings. The first-order valence-electron chi connectivity index (χ1n) is 9.87.